The SMILES string of the molecule is Nc1cc(-c2ccc(F)cc2)nc(Nc2ccccc2)n1. The number of aromatic nitrogens is 2. The molecule has 0 saturated heterocycles. The maximum atomic E-state index is 13.0. The Labute approximate surface area is 121 Å². The predicted molar refractivity (Wildman–Crippen MR) is 81.6 cm³/mol. The van der Waals surface area contributed by atoms with Gasteiger partial charge in [-0.3, -0.25) is 0 Å². The lowest BCUT2D eigenvalue weighted by molar-refractivity contribution is 0.628. The Morgan fingerprint density at radius 1 is 0.905 bits per heavy atom. The van der Waals surface area contributed by atoms with Crippen LogP contribution in [0.2, 0.25) is 0 Å². The molecule has 0 bridgehead atoms. The molecule has 4 nitrogen and oxygen atoms in total. The van der Waals surface area contributed by atoms with Crippen molar-refractivity contribution >= 4 is 17.5 Å². The summed E-state index contributed by atoms with van der Waals surface area (Å²) in [6.45, 7) is 0. The van der Waals surface area contributed by atoms with Gasteiger partial charge in [0, 0.05) is 17.3 Å². The lowest BCUT2D eigenvalue weighted by atomic mass is 10.1. The summed E-state index contributed by atoms with van der Waals surface area (Å²) < 4.78 is 13.0. The van der Waals surface area contributed by atoms with E-state index in [2.05, 4.69) is 15.3 Å². The third-order valence-corrected chi connectivity index (χ3v) is 2.92. The standard InChI is InChI=1S/C16H13FN4/c17-12-8-6-11(7-9-12)14-10-15(18)21-16(20-14)19-13-4-2-1-3-5-13/h1-10H,(H3,18,19,20,21). The zero-order valence-electron chi connectivity index (χ0n) is 11.1. The number of anilines is 3. The van der Waals surface area contributed by atoms with Gasteiger partial charge in [0.2, 0.25) is 5.95 Å². The van der Waals surface area contributed by atoms with Crippen LogP contribution in [0.4, 0.5) is 21.8 Å². The quantitative estimate of drug-likeness (QED) is 0.769. The minimum atomic E-state index is -0.289. The maximum absolute atomic E-state index is 13.0. The number of rotatable bonds is 3. The average molecular weight is 280 g/mol. The van der Waals surface area contributed by atoms with Gasteiger partial charge in [0.15, 0.2) is 0 Å². The van der Waals surface area contributed by atoms with E-state index in [4.69, 9.17) is 5.73 Å². The second-order valence-corrected chi connectivity index (χ2v) is 4.50. The lowest BCUT2D eigenvalue weighted by Gasteiger charge is -2.08. The number of nitrogens with one attached hydrogen (secondary N) is 1. The number of hydrogen-bond donors (Lipinski definition) is 2. The fraction of sp³-hybridized carbons (Fsp3) is 0. The fourth-order valence-corrected chi connectivity index (χ4v) is 1.94. The highest BCUT2D eigenvalue weighted by atomic mass is 19.1. The van der Waals surface area contributed by atoms with Gasteiger partial charge in [-0.05, 0) is 36.4 Å². The van der Waals surface area contributed by atoms with E-state index < -0.39 is 0 Å². The first-order valence-electron chi connectivity index (χ1n) is 6.43. The van der Waals surface area contributed by atoms with E-state index in [1.807, 2.05) is 30.3 Å². The van der Waals surface area contributed by atoms with Gasteiger partial charge in [-0.25, -0.2) is 9.37 Å². The third-order valence-electron chi connectivity index (χ3n) is 2.92. The molecule has 0 aliphatic carbocycles. The second kappa shape index (κ2) is 5.58. The van der Waals surface area contributed by atoms with E-state index in [-0.39, 0.29) is 5.82 Å². The number of nitrogens with zero attached hydrogens (tertiary/aromatic N) is 2. The van der Waals surface area contributed by atoms with Crippen molar-refractivity contribution in [3.05, 3.63) is 66.5 Å². The molecule has 3 rings (SSSR count). The van der Waals surface area contributed by atoms with Crippen LogP contribution in [0, 0.1) is 5.82 Å². The molecule has 0 radical (unpaired) electrons. The van der Waals surface area contributed by atoms with Gasteiger partial charge >= 0.3 is 0 Å². The molecule has 21 heavy (non-hydrogen) atoms. The average Bonchev–Trinajstić information content (AvgIpc) is 2.48. The van der Waals surface area contributed by atoms with Crippen LogP contribution in [0.3, 0.4) is 0 Å². The van der Waals surface area contributed by atoms with Gasteiger partial charge in [-0.1, -0.05) is 18.2 Å². The number of para-hydroxylation sites is 1. The number of nitrogen functional groups attached to an aromatic ring is 1. The summed E-state index contributed by atoms with van der Waals surface area (Å²) in [6.07, 6.45) is 0. The van der Waals surface area contributed by atoms with Crippen LogP contribution < -0.4 is 11.1 Å². The minimum absolute atomic E-state index is 0.289. The normalized spacial score (nSPS) is 10.3. The van der Waals surface area contributed by atoms with E-state index in [1.54, 1.807) is 18.2 Å². The summed E-state index contributed by atoms with van der Waals surface area (Å²) in [6, 6.07) is 17.3. The zero-order chi connectivity index (χ0) is 14.7. The van der Waals surface area contributed by atoms with E-state index in [0.717, 1.165) is 11.3 Å². The van der Waals surface area contributed by atoms with Gasteiger partial charge in [0.25, 0.3) is 0 Å². The van der Waals surface area contributed by atoms with Gasteiger partial charge < -0.3 is 11.1 Å². The Kier molecular flexibility index (Phi) is 3.47. The lowest BCUT2D eigenvalue weighted by Crippen LogP contribution is -2.01. The number of benzene rings is 2. The Hall–Kier alpha value is -2.95. The largest absolute Gasteiger partial charge is 0.384 e. The Morgan fingerprint density at radius 3 is 2.33 bits per heavy atom. The van der Waals surface area contributed by atoms with Crippen molar-refractivity contribution in [2.24, 2.45) is 0 Å². The molecule has 104 valence electrons. The summed E-state index contributed by atoms with van der Waals surface area (Å²) in [5, 5.41) is 3.09. The smallest absolute Gasteiger partial charge is 0.229 e. The number of hydrogen-bond acceptors (Lipinski definition) is 4. The van der Waals surface area contributed by atoms with Gasteiger partial charge in [0.05, 0.1) is 5.69 Å². The van der Waals surface area contributed by atoms with Crippen LogP contribution in [0.1, 0.15) is 0 Å². The molecule has 1 heterocycles. The van der Waals surface area contributed by atoms with Crippen molar-refractivity contribution in [2.45, 2.75) is 0 Å². The van der Waals surface area contributed by atoms with Crippen LogP contribution in [0.15, 0.2) is 60.7 Å². The Morgan fingerprint density at radius 2 is 1.62 bits per heavy atom. The van der Waals surface area contributed by atoms with Gasteiger partial charge in [-0.2, -0.15) is 4.98 Å². The van der Waals surface area contributed by atoms with E-state index >= 15 is 0 Å². The maximum Gasteiger partial charge on any atom is 0.229 e. The molecule has 0 aliphatic rings. The predicted octanol–water partition coefficient (Wildman–Crippen LogP) is 3.61. The molecular weight excluding hydrogens is 267 g/mol. The van der Waals surface area contributed by atoms with Crippen molar-refractivity contribution in [1.82, 2.24) is 9.97 Å². The molecular formula is C16H13FN4. The Bertz CT molecular complexity index is 742. The monoisotopic (exact) mass is 280 g/mol. The molecule has 0 spiro atoms. The third kappa shape index (κ3) is 3.14. The number of halogens is 1. The van der Waals surface area contributed by atoms with Crippen LogP contribution in [-0.4, -0.2) is 9.97 Å². The van der Waals surface area contributed by atoms with Crippen molar-refractivity contribution in [3.63, 3.8) is 0 Å². The van der Waals surface area contributed by atoms with Crippen LogP contribution in [0.5, 0.6) is 0 Å². The second-order valence-electron chi connectivity index (χ2n) is 4.50. The van der Waals surface area contributed by atoms with Crippen LogP contribution >= 0.6 is 0 Å². The molecule has 0 amide bonds. The molecule has 0 unspecified atom stereocenters. The molecule has 0 fully saturated rings. The minimum Gasteiger partial charge on any atom is -0.384 e. The molecule has 3 N–H and O–H groups in total. The summed E-state index contributed by atoms with van der Waals surface area (Å²) in [5.74, 6) is 0.465. The summed E-state index contributed by atoms with van der Waals surface area (Å²) >= 11 is 0. The molecule has 0 aliphatic heterocycles. The molecule has 5 heteroatoms. The van der Waals surface area contributed by atoms with Gasteiger partial charge in [-0.15, -0.1) is 0 Å². The Balaban J connectivity index is 1.94. The van der Waals surface area contributed by atoms with E-state index in [0.29, 0.717) is 17.5 Å². The highest BCUT2D eigenvalue weighted by Crippen LogP contribution is 2.22. The van der Waals surface area contributed by atoms with Gasteiger partial charge in [0.1, 0.15) is 11.6 Å². The first kappa shape index (κ1) is 13.1. The first-order chi connectivity index (χ1) is 10.2. The molecule has 2 aromatic carbocycles. The van der Waals surface area contributed by atoms with Crippen LogP contribution in [-0.2, 0) is 0 Å². The molecule has 0 saturated carbocycles. The first-order valence-corrected chi connectivity index (χ1v) is 6.43. The zero-order valence-corrected chi connectivity index (χ0v) is 11.1. The highest BCUT2D eigenvalue weighted by Gasteiger charge is 2.06. The van der Waals surface area contributed by atoms with E-state index in [1.165, 1.54) is 12.1 Å². The molecule has 1 aromatic heterocycles. The fourth-order valence-electron chi connectivity index (χ4n) is 1.94. The van der Waals surface area contributed by atoms with E-state index in [9.17, 15) is 4.39 Å². The highest BCUT2D eigenvalue weighted by molar-refractivity contribution is 5.65. The van der Waals surface area contributed by atoms with Crippen molar-refractivity contribution < 1.29 is 4.39 Å². The summed E-state index contributed by atoms with van der Waals surface area (Å²) in [7, 11) is 0. The summed E-state index contributed by atoms with van der Waals surface area (Å²) in [5.41, 5.74) is 8.10. The number of nitrogens with two attached hydrogens (primary N) is 1. The molecule has 3 aromatic rings. The van der Waals surface area contributed by atoms with Crippen molar-refractivity contribution in [3.8, 4) is 11.3 Å². The summed E-state index contributed by atoms with van der Waals surface area (Å²) in [4.78, 5) is 8.56. The van der Waals surface area contributed by atoms with Crippen LogP contribution in [0.25, 0.3) is 11.3 Å². The molecule has 0 atom stereocenters. The van der Waals surface area contributed by atoms with Crippen molar-refractivity contribution in [1.29, 1.82) is 0 Å². The topological polar surface area (TPSA) is 63.8 Å². The van der Waals surface area contributed by atoms with Crippen molar-refractivity contribution in [2.75, 3.05) is 11.1 Å².